The van der Waals surface area contributed by atoms with E-state index in [1.807, 2.05) is 0 Å². The van der Waals surface area contributed by atoms with Gasteiger partial charge in [-0.25, -0.2) is 0 Å². The molecule has 2 nitrogen and oxygen atoms in total. The molecule has 0 saturated heterocycles. The second-order valence-corrected chi connectivity index (χ2v) is 4.80. The number of aryl methyl sites for hydroxylation is 1. The SMILES string of the molecule is Cc1ccc(Cl)cc1C(=O)N(CCCl)CC(F)(F)F. The van der Waals surface area contributed by atoms with Crippen molar-refractivity contribution < 1.29 is 18.0 Å². The van der Waals surface area contributed by atoms with Gasteiger partial charge < -0.3 is 4.90 Å². The second kappa shape index (κ2) is 6.48. The van der Waals surface area contributed by atoms with Crippen molar-refractivity contribution in [3.8, 4) is 0 Å². The zero-order valence-corrected chi connectivity index (χ0v) is 11.6. The first-order valence-corrected chi connectivity index (χ1v) is 6.34. The van der Waals surface area contributed by atoms with Crippen LogP contribution < -0.4 is 0 Å². The summed E-state index contributed by atoms with van der Waals surface area (Å²) >= 11 is 11.2. The highest BCUT2D eigenvalue weighted by molar-refractivity contribution is 6.31. The molecule has 0 heterocycles. The van der Waals surface area contributed by atoms with Gasteiger partial charge in [0.25, 0.3) is 5.91 Å². The van der Waals surface area contributed by atoms with Gasteiger partial charge >= 0.3 is 6.18 Å². The summed E-state index contributed by atoms with van der Waals surface area (Å²) in [5.41, 5.74) is 0.720. The predicted octanol–water partition coefficient (Wildman–Crippen LogP) is 3.89. The number of halogens is 5. The van der Waals surface area contributed by atoms with Crippen LogP contribution in [0.5, 0.6) is 0 Å². The molecule has 0 bridgehead atoms. The van der Waals surface area contributed by atoms with Crippen molar-refractivity contribution in [3.05, 3.63) is 34.3 Å². The maximum atomic E-state index is 12.4. The fraction of sp³-hybridized carbons (Fsp3) is 0.417. The Labute approximate surface area is 119 Å². The van der Waals surface area contributed by atoms with Crippen molar-refractivity contribution in [2.45, 2.75) is 13.1 Å². The fourth-order valence-corrected chi connectivity index (χ4v) is 1.94. The molecule has 0 aliphatic rings. The molecule has 1 amide bonds. The van der Waals surface area contributed by atoms with Gasteiger partial charge in [0.05, 0.1) is 0 Å². The molecular formula is C12H12Cl2F3NO. The molecule has 1 rings (SSSR count). The molecule has 0 saturated carbocycles. The number of carbonyl (C=O) groups excluding carboxylic acids is 1. The van der Waals surface area contributed by atoms with Gasteiger partial charge in [0.2, 0.25) is 0 Å². The average molecular weight is 314 g/mol. The third kappa shape index (κ3) is 4.91. The van der Waals surface area contributed by atoms with Crippen LogP contribution in [0.2, 0.25) is 5.02 Å². The highest BCUT2D eigenvalue weighted by Gasteiger charge is 2.33. The quantitative estimate of drug-likeness (QED) is 0.772. The molecule has 0 unspecified atom stereocenters. The van der Waals surface area contributed by atoms with Crippen LogP contribution in [0.4, 0.5) is 13.2 Å². The number of amides is 1. The van der Waals surface area contributed by atoms with E-state index in [9.17, 15) is 18.0 Å². The number of nitrogens with zero attached hydrogens (tertiary/aromatic N) is 1. The van der Waals surface area contributed by atoms with Crippen LogP contribution >= 0.6 is 23.2 Å². The van der Waals surface area contributed by atoms with Crippen molar-refractivity contribution >= 4 is 29.1 Å². The highest BCUT2D eigenvalue weighted by atomic mass is 35.5. The highest BCUT2D eigenvalue weighted by Crippen LogP contribution is 2.21. The monoisotopic (exact) mass is 313 g/mol. The summed E-state index contributed by atoms with van der Waals surface area (Å²) in [5, 5.41) is 0.298. The summed E-state index contributed by atoms with van der Waals surface area (Å²) in [6.07, 6.45) is -4.46. The minimum absolute atomic E-state index is 0.0680. The van der Waals surface area contributed by atoms with Gasteiger partial charge in [-0.15, -0.1) is 11.6 Å². The Bertz CT molecular complexity index is 463. The molecule has 7 heteroatoms. The van der Waals surface area contributed by atoms with Crippen molar-refractivity contribution in [1.82, 2.24) is 4.90 Å². The predicted molar refractivity (Wildman–Crippen MR) is 68.9 cm³/mol. The molecule has 1 aromatic carbocycles. The van der Waals surface area contributed by atoms with Crippen molar-refractivity contribution in [2.24, 2.45) is 0 Å². The largest absolute Gasteiger partial charge is 0.406 e. The number of rotatable bonds is 4. The Morgan fingerprint density at radius 1 is 1.37 bits per heavy atom. The van der Waals surface area contributed by atoms with E-state index >= 15 is 0 Å². The second-order valence-electron chi connectivity index (χ2n) is 3.99. The van der Waals surface area contributed by atoms with E-state index in [1.165, 1.54) is 6.07 Å². The van der Waals surface area contributed by atoms with Crippen LogP contribution in [0.3, 0.4) is 0 Å². The molecule has 0 N–H and O–H groups in total. The van der Waals surface area contributed by atoms with Crippen LogP contribution in [0.1, 0.15) is 15.9 Å². The van der Waals surface area contributed by atoms with Gasteiger partial charge in [0.15, 0.2) is 0 Å². The lowest BCUT2D eigenvalue weighted by atomic mass is 10.1. The molecule has 0 atom stereocenters. The minimum Gasteiger partial charge on any atom is -0.328 e. The molecule has 0 aromatic heterocycles. The summed E-state index contributed by atoms with van der Waals surface area (Å²) < 4.78 is 37.3. The van der Waals surface area contributed by atoms with E-state index in [4.69, 9.17) is 23.2 Å². The van der Waals surface area contributed by atoms with Gasteiger partial charge in [-0.3, -0.25) is 4.79 Å². The Kier molecular flexibility index (Phi) is 5.50. The molecule has 0 radical (unpaired) electrons. The lowest BCUT2D eigenvalue weighted by Crippen LogP contribution is -2.40. The Morgan fingerprint density at radius 2 is 2.00 bits per heavy atom. The molecule has 0 aliphatic carbocycles. The Hall–Kier alpha value is -0.940. The smallest absolute Gasteiger partial charge is 0.328 e. The zero-order valence-electron chi connectivity index (χ0n) is 10.1. The lowest BCUT2D eigenvalue weighted by molar-refractivity contribution is -0.140. The van der Waals surface area contributed by atoms with Crippen LogP contribution in [0.15, 0.2) is 18.2 Å². The van der Waals surface area contributed by atoms with Crippen LogP contribution in [0.25, 0.3) is 0 Å². The molecule has 19 heavy (non-hydrogen) atoms. The van der Waals surface area contributed by atoms with E-state index in [0.29, 0.717) is 15.5 Å². The summed E-state index contributed by atoms with van der Waals surface area (Å²) in [6, 6.07) is 4.52. The normalized spacial score (nSPS) is 11.5. The van der Waals surface area contributed by atoms with E-state index in [1.54, 1.807) is 19.1 Å². The minimum atomic E-state index is -4.46. The van der Waals surface area contributed by atoms with Gasteiger partial charge in [0, 0.05) is 23.0 Å². The maximum absolute atomic E-state index is 12.4. The standard InChI is InChI=1S/C12H12Cl2F3NO/c1-8-2-3-9(14)6-10(8)11(19)18(5-4-13)7-12(15,16)17/h2-3,6H,4-5,7H2,1H3. The Morgan fingerprint density at radius 3 is 2.53 bits per heavy atom. The first-order valence-electron chi connectivity index (χ1n) is 5.42. The molecule has 1 aromatic rings. The molecular weight excluding hydrogens is 302 g/mol. The van der Waals surface area contributed by atoms with Gasteiger partial charge in [-0.05, 0) is 24.6 Å². The number of carbonyl (C=O) groups is 1. The third-order valence-electron chi connectivity index (χ3n) is 2.44. The number of hydrogen-bond donors (Lipinski definition) is 0. The zero-order chi connectivity index (χ0) is 14.6. The van der Waals surface area contributed by atoms with E-state index in [0.717, 1.165) is 0 Å². The summed E-state index contributed by atoms with van der Waals surface area (Å²) in [5.74, 6) is -0.792. The van der Waals surface area contributed by atoms with Crippen LogP contribution in [-0.2, 0) is 0 Å². The maximum Gasteiger partial charge on any atom is 0.406 e. The fourth-order valence-electron chi connectivity index (χ4n) is 1.57. The summed E-state index contributed by atoms with van der Waals surface area (Å²) in [7, 11) is 0. The van der Waals surface area contributed by atoms with E-state index < -0.39 is 18.6 Å². The average Bonchev–Trinajstić information content (AvgIpc) is 2.29. The summed E-state index contributed by atoms with van der Waals surface area (Å²) in [4.78, 5) is 12.8. The summed E-state index contributed by atoms with van der Waals surface area (Å²) in [6.45, 7) is 0.131. The first-order chi connectivity index (χ1) is 8.74. The number of benzene rings is 1. The first kappa shape index (κ1) is 16.1. The van der Waals surface area contributed by atoms with Crippen molar-refractivity contribution in [3.63, 3.8) is 0 Å². The van der Waals surface area contributed by atoms with Gasteiger partial charge in [-0.2, -0.15) is 13.2 Å². The van der Waals surface area contributed by atoms with Crippen LogP contribution in [-0.4, -0.2) is 36.0 Å². The molecule has 0 spiro atoms. The van der Waals surface area contributed by atoms with Gasteiger partial charge in [-0.1, -0.05) is 17.7 Å². The van der Waals surface area contributed by atoms with Crippen LogP contribution in [0, 0.1) is 6.92 Å². The Balaban J connectivity index is 3.02. The van der Waals surface area contributed by atoms with Gasteiger partial charge in [0.1, 0.15) is 6.54 Å². The van der Waals surface area contributed by atoms with E-state index in [2.05, 4.69) is 0 Å². The lowest BCUT2D eigenvalue weighted by Gasteiger charge is -2.23. The van der Waals surface area contributed by atoms with Crippen molar-refractivity contribution in [1.29, 1.82) is 0 Å². The molecule has 106 valence electrons. The van der Waals surface area contributed by atoms with Crippen molar-refractivity contribution in [2.75, 3.05) is 19.0 Å². The van der Waals surface area contributed by atoms with E-state index in [-0.39, 0.29) is 18.0 Å². The number of alkyl halides is 4. The topological polar surface area (TPSA) is 20.3 Å². The molecule has 0 aliphatic heterocycles. The number of hydrogen-bond acceptors (Lipinski definition) is 1. The third-order valence-corrected chi connectivity index (χ3v) is 2.85. The molecule has 0 fully saturated rings.